The molecule has 0 spiro atoms. The molecule has 0 unspecified atom stereocenters. The molecule has 4 nitrogen and oxygen atoms in total. The molecule has 4 aromatic carbocycles. The predicted molar refractivity (Wildman–Crippen MR) is 150 cm³/mol. The van der Waals surface area contributed by atoms with Crippen molar-refractivity contribution in [1.29, 1.82) is 0 Å². The summed E-state index contributed by atoms with van der Waals surface area (Å²) in [6.07, 6.45) is -2.55. The first-order chi connectivity index (χ1) is 19.1. The molecular formula is C33H30F3NO3. The summed E-state index contributed by atoms with van der Waals surface area (Å²) in [4.78, 5) is 26.3. The van der Waals surface area contributed by atoms with E-state index in [1.807, 2.05) is 29.2 Å². The lowest BCUT2D eigenvalue weighted by Crippen LogP contribution is -2.36. The largest absolute Gasteiger partial charge is 0.462 e. The highest BCUT2D eigenvalue weighted by Crippen LogP contribution is 2.36. The van der Waals surface area contributed by atoms with E-state index in [0.717, 1.165) is 65.5 Å². The summed E-state index contributed by atoms with van der Waals surface area (Å²) < 4.78 is 44.4. The summed E-state index contributed by atoms with van der Waals surface area (Å²) in [5, 5.41) is 1.71. The Balaban J connectivity index is 1.50. The molecule has 7 heteroatoms. The van der Waals surface area contributed by atoms with Crippen LogP contribution in [0.5, 0.6) is 0 Å². The Morgan fingerprint density at radius 3 is 2.08 bits per heavy atom. The van der Waals surface area contributed by atoms with Crippen LogP contribution < -0.4 is 0 Å². The molecular weight excluding hydrogens is 515 g/mol. The number of piperidine rings is 1. The highest BCUT2D eigenvalue weighted by atomic mass is 19.4. The average molecular weight is 546 g/mol. The van der Waals surface area contributed by atoms with Crippen molar-refractivity contribution in [2.24, 2.45) is 0 Å². The second-order valence-electron chi connectivity index (χ2n) is 10.2. The minimum absolute atomic E-state index is 0.114. The molecule has 5 rings (SSSR count). The van der Waals surface area contributed by atoms with Gasteiger partial charge in [0.2, 0.25) is 5.91 Å². The topological polar surface area (TPSA) is 46.6 Å². The average Bonchev–Trinajstić information content (AvgIpc) is 2.96. The number of esters is 1. The number of alkyl halides is 3. The van der Waals surface area contributed by atoms with Gasteiger partial charge in [-0.2, -0.15) is 13.2 Å². The zero-order valence-electron chi connectivity index (χ0n) is 22.4. The van der Waals surface area contributed by atoms with E-state index >= 15 is 0 Å². The Morgan fingerprint density at radius 1 is 0.850 bits per heavy atom. The van der Waals surface area contributed by atoms with Crippen LogP contribution in [0.15, 0.2) is 78.9 Å². The SMILES string of the molecule is CCOC(=O)c1cc(-c2ccc(C3CCN(C(C)=O)CC3)cc2)c2ccc(-c3ccc(C(F)(F)F)cc3)cc2c1. The van der Waals surface area contributed by atoms with Gasteiger partial charge < -0.3 is 9.64 Å². The second kappa shape index (κ2) is 11.2. The van der Waals surface area contributed by atoms with Gasteiger partial charge >= 0.3 is 12.1 Å². The molecule has 1 aliphatic rings. The molecule has 0 aliphatic carbocycles. The van der Waals surface area contributed by atoms with Crippen LogP contribution in [0.25, 0.3) is 33.0 Å². The molecule has 1 aliphatic heterocycles. The van der Waals surface area contributed by atoms with Crippen LogP contribution in [-0.2, 0) is 15.7 Å². The summed E-state index contributed by atoms with van der Waals surface area (Å²) in [5.41, 5.74) is 4.16. The number of carbonyl (C=O) groups is 2. The predicted octanol–water partition coefficient (Wildman–Crippen LogP) is 8.10. The number of rotatable bonds is 5. The molecule has 1 heterocycles. The van der Waals surface area contributed by atoms with Crippen molar-refractivity contribution < 1.29 is 27.5 Å². The third-order valence-electron chi connectivity index (χ3n) is 7.64. The molecule has 0 radical (unpaired) electrons. The Labute approximate surface area is 231 Å². The lowest BCUT2D eigenvalue weighted by Gasteiger charge is -2.31. The van der Waals surface area contributed by atoms with Crippen LogP contribution in [-0.4, -0.2) is 36.5 Å². The van der Waals surface area contributed by atoms with E-state index in [9.17, 15) is 22.8 Å². The molecule has 0 aromatic heterocycles. The molecule has 0 atom stereocenters. The van der Waals surface area contributed by atoms with Crippen molar-refractivity contribution >= 4 is 22.6 Å². The molecule has 1 saturated heterocycles. The quantitative estimate of drug-likeness (QED) is 0.238. The lowest BCUT2D eigenvalue weighted by atomic mass is 9.87. The maximum Gasteiger partial charge on any atom is 0.416 e. The number of fused-ring (bicyclic) bond motifs is 1. The van der Waals surface area contributed by atoms with Crippen LogP contribution in [0.3, 0.4) is 0 Å². The standard InChI is InChI=1S/C33H30F3NO3/c1-3-40-32(39)28-19-27-18-26(23-8-11-29(12-9-23)33(34,35)36)10-13-30(27)31(20-28)25-6-4-22(5-7-25)24-14-16-37(17-15-24)21(2)38/h4-13,18-20,24H,3,14-17H2,1-2H3. The summed E-state index contributed by atoms with van der Waals surface area (Å²) in [7, 11) is 0. The molecule has 40 heavy (non-hydrogen) atoms. The van der Waals surface area contributed by atoms with E-state index in [-0.39, 0.29) is 12.5 Å². The van der Waals surface area contributed by atoms with Gasteiger partial charge in [0.05, 0.1) is 17.7 Å². The van der Waals surface area contributed by atoms with Gasteiger partial charge in [-0.3, -0.25) is 4.79 Å². The third kappa shape index (κ3) is 5.74. The number of halogens is 3. The number of ether oxygens (including phenoxy) is 1. The minimum Gasteiger partial charge on any atom is -0.462 e. The number of hydrogen-bond donors (Lipinski definition) is 0. The van der Waals surface area contributed by atoms with Crippen molar-refractivity contribution in [3.05, 3.63) is 95.6 Å². The normalized spacial score (nSPS) is 14.4. The first-order valence-electron chi connectivity index (χ1n) is 13.4. The number of benzene rings is 4. The minimum atomic E-state index is -4.40. The molecule has 1 fully saturated rings. The number of carbonyl (C=O) groups excluding carboxylic acids is 2. The lowest BCUT2D eigenvalue weighted by molar-refractivity contribution is -0.137. The number of nitrogens with zero attached hydrogens (tertiary/aromatic N) is 1. The van der Waals surface area contributed by atoms with E-state index < -0.39 is 17.7 Å². The molecule has 0 saturated carbocycles. The van der Waals surface area contributed by atoms with E-state index in [4.69, 9.17) is 4.74 Å². The Hall–Kier alpha value is -4.13. The van der Waals surface area contributed by atoms with Crippen LogP contribution >= 0.6 is 0 Å². The molecule has 206 valence electrons. The summed E-state index contributed by atoms with van der Waals surface area (Å²) in [5.74, 6) is 0.0709. The Bertz CT molecular complexity index is 1530. The zero-order valence-corrected chi connectivity index (χ0v) is 22.4. The van der Waals surface area contributed by atoms with Gasteiger partial charge in [-0.1, -0.05) is 48.5 Å². The van der Waals surface area contributed by atoms with Gasteiger partial charge in [0.15, 0.2) is 0 Å². The first kappa shape index (κ1) is 27.4. The molecule has 0 bridgehead atoms. The molecule has 4 aromatic rings. The summed E-state index contributed by atoms with van der Waals surface area (Å²) in [6.45, 7) is 5.12. The maximum absolute atomic E-state index is 13.0. The van der Waals surface area contributed by atoms with Crippen molar-refractivity contribution in [2.75, 3.05) is 19.7 Å². The Morgan fingerprint density at radius 2 is 1.48 bits per heavy atom. The Kier molecular flexibility index (Phi) is 7.66. The van der Waals surface area contributed by atoms with Gasteiger partial charge in [-0.25, -0.2) is 4.79 Å². The highest BCUT2D eigenvalue weighted by Gasteiger charge is 2.30. The van der Waals surface area contributed by atoms with E-state index in [1.54, 1.807) is 19.9 Å². The zero-order chi connectivity index (χ0) is 28.4. The third-order valence-corrected chi connectivity index (χ3v) is 7.64. The fraction of sp³-hybridized carbons (Fsp3) is 0.273. The summed E-state index contributed by atoms with van der Waals surface area (Å²) in [6, 6.07) is 22.7. The molecule has 1 amide bonds. The van der Waals surface area contributed by atoms with Gasteiger partial charge in [0, 0.05) is 20.0 Å². The number of amides is 1. The van der Waals surface area contributed by atoms with Crippen molar-refractivity contribution in [2.45, 2.75) is 38.8 Å². The highest BCUT2D eigenvalue weighted by molar-refractivity contribution is 6.04. The van der Waals surface area contributed by atoms with Gasteiger partial charge in [0.25, 0.3) is 0 Å². The van der Waals surface area contributed by atoms with Crippen molar-refractivity contribution in [3.63, 3.8) is 0 Å². The maximum atomic E-state index is 13.0. The monoisotopic (exact) mass is 545 g/mol. The van der Waals surface area contributed by atoms with Crippen LogP contribution in [0, 0.1) is 0 Å². The van der Waals surface area contributed by atoms with Crippen LogP contribution in [0.1, 0.15) is 54.1 Å². The van der Waals surface area contributed by atoms with Crippen molar-refractivity contribution in [3.8, 4) is 22.3 Å². The molecule has 0 N–H and O–H groups in total. The van der Waals surface area contributed by atoms with Gasteiger partial charge in [0.1, 0.15) is 0 Å². The number of hydrogen-bond acceptors (Lipinski definition) is 3. The first-order valence-corrected chi connectivity index (χ1v) is 13.4. The fourth-order valence-electron chi connectivity index (χ4n) is 5.43. The van der Waals surface area contributed by atoms with Crippen LogP contribution in [0.4, 0.5) is 13.2 Å². The smallest absolute Gasteiger partial charge is 0.416 e. The van der Waals surface area contributed by atoms with Gasteiger partial charge in [-0.05, 0) is 94.6 Å². The van der Waals surface area contributed by atoms with E-state index in [0.29, 0.717) is 17.0 Å². The summed E-state index contributed by atoms with van der Waals surface area (Å²) >= 11 is 0. The number of likely N-dealkylation sites (tertiary alicyclic amines) is 1. The van der Waals surface area contributed by atoms with Gasteiger partial charge in [-0.15, -0.1) is 0 Å². The van der Waals surface area contributed by atoms with E-state index in [1.165, 1.54) is 17.7 Å². The fourth-order valence-corrected chi connectivity index (χ4v) is 5.43. The van der Waals surface area contributed by atoms with Crippen LogP contribution in [0.2, 0.25) is 0 Å². The van der Waals surface area contributed by atoms with E-state index in [2.05, 4.69) is 24.3 Å². The van der Waals surface area contributed by atoms with Crippen molar-refractivity contribution in [1.82, 2.24) is 4.90 Å². The second-order valence-corrected chi connectivity index (χ2v) is 10.2.